The quantitative estimate of drug-likeness (QED) is 0.898. The Kier molecular flexibility index (Phi) is 4.19. The summed E-state index contributed by atoms with van der Waals surface area (Å²) in [6.07, 6.45) is 0. The highest BCUT2D eigenvalue weighted by atomic mass is 32.1. The second-order valence-corrected chi connectivity index (χ2v) is 5.54. The molecule has 0 saturated carbocycles. The Morgan fingerprint density at radius 1 is 1.28 bits per heavy atom. The maximum absolute atomic E-state index is 4.27. The van der Waals surface area contributed by atoms with Gasteiger partial charge in [0.25, 0.3) is 0 Å². The van der Waals surface area contributed by atoms with Gasteiger partial charge in [-0.15, -0.1) is 11.3 Å². The number of nitrogens with zero attached hydrogens (tertiary/aromatic N) is 2. The lowest BCUT2D eigenvalue weighted by molar-refractivity contribution is 0.678. The van der Waals surface area contributed by atoms with Crippen LogP contribution in [0.1, 0.15) is 34.4 Å². The summed E-state index contributed by atoms with van der Waals surface area (Å²) in [4.78, 5) is 5.60. The molecule has 2 rings (SSSR count). The fraction of sp³-hybridized carbons (Fsp3) is 0.500. The van der Waals surface area contributed by atoms with Gasteiger partial charge in [0.15, 0.2) is 0 Å². The molecule has 0 aliphatic rings. The third-order valence-corrected chi connectivity index (χ3v) is 4.38. The molecular weight excluding hydrogens is 242 g/mol. The van der Waals surface area contributed by atoms with Crippen LogP contribution in [0, 0.1) is 20.8 Å². The highest BCUT2D eigenvalue weighted by molar-refractivity contribution is 7.09. The molecule has 1 N–H and O–H groups in total. The molecule has 0 fully saturated rings. The monoisotopic (exact) mass is 263 g/mol. The Labute approximate surface area is 113 Å². The number of thiazole rings is 1. The molecular formula is C14H21N3S. The molecule has 0 amide bonds. The SMILES string of the molecule is CCn1c(C)cc(CNCc2scnc2C)c1C. The lowest BCUT2D eigenvalue weighted by atomic mass is 10.2. The van der Waals surface area contributed by atoms with E-state index in [-0.39, 0.29) is 0 Å². The third-order valence-electron chi connectivity index (χ3n) is 3.44. The van der Waals surface area contributed by atoms with Crippen molar-refractivity contribution in [3.63, 3.8) is 0 Å². The first-order chi connectivity index (χ1) is 8.63. The molecule has 0 unspecified atom stereocenters. The van der Waals surface area contributed by atoms with Crippen molar-refractivity contribution in [3.05, 3.63) is 39.1 Å². The van der Waals surface area contributed by atoms with Gasteiger partial charge in [-0.25, -0.2) is 4.98 Å². The summed E-state index contributed by atoms with van der Waals surface area (Å²) >= 11 is 1.72. The van der Waals surface area contributed by atoms with Crippen molar-refractivity contribution in [1.29, 1.82) is 0 Å². The van der Waals surface area contributed by atoms with Crippen molar-refractivity contribution in [2.24, 2.45) is 0 Å². The largest absolute Gasteiger partial charge is 0.349 e. The van der Waals surface area contributed by atoms with Crippen LogP contribution in [0.5, 0.6) is 0 Å². The molecule has 2 aromatic rings. The number of nitrogens with one attached hydrogen (secondary N) is 1. The lowest BCUT2D eigenvalue weighted by Gasteiger charge is -2.07. The Balaban J connectivity index is 1.97. The molecule has 98 valence electrons. The second-order valence-electron chi connectivity index (χ2n) is 4.61. The molecule has 18 heavy (non-hydrogen) atoms. The van der Waals surface area contributed by atoms with Gasteiger partial charge < -0.3 is 9.88 Å². The van der Waals surface area contributed by atoms with Crippen LogP contribution < -0.4 is 5.32 Å². The maximum atomic E-state index is 4.27. The first-order valence-corrected chi connectivity index (χ1v) is 7.26. The molecule has 0 atom stereocenters. The fourth-order valence-electron chi connectivity index (χ4n) is 2.34. The van der Waals surface area contributed by atoms with Crippen LogP contribution in [0.25, 0.3) is 0 Å². The van der Waals surface area contributed by atoms with Crippen molar-refractivity contribution in [2.45, 2.75) is 47.3 Å². The molecule has 2 heterocycles. The zero-order valence-electron chi connectivity index (χ0n) is 11.6. The highest BCUT2D eigenvalue weighted by Crippen LogP contribution is 2.16. The molecule has 2 aromatic heterocycles. The number of aromatic nitrogens is 2. The maximum Gasteiger partial charge on any atom is 0.0798 e. The minimum absolute atomic E-state index is 0.909. The van der Waals surface area contributed by atoms with Gasteiger partial charge in [-0.05, 0) is 39.3 Å². The molecule has 0 radical (unpaired) electrons. The summed E-state index contributed by atoms with van der Waals surface area (Å²) in [5.74, 6) is 0. The minimum Gasteiger partial charge on any atom is -0.349 e. The topological polar surface area (TPSA) is 29.9 Å². The number of aryl methyl sites for hydroxylation is 2. The van der Waals surface area contributed by atoms with Gasteiger partial charge in [0.1, 0.15) is 0 Å². The Bertz CT molecular complexity index is 525. The van der Waals surface area contributed by atoms with Gasteiger partial charge in [0.05, 0.1) is 11.2 Å². The van der Waals surface area contributed by atoms with Gasteiger partial charge in [-0.2, -0.15) is 0 Å². The van der Waals surface area contributed by atoms with Gasteiger partial charge in [0.2, 0.25) is 0 Å². The van der Waals surface area contributed by atoms with E-state index in [1.165, 1.54) is 21.8 Å². The van der Waals surface area contributed by atoms with Crippen molar-refractivity contribution < 1.29 is 0 Å². The van der Waals surface area contributed by atoms with Crippen LogP contribution in [-0.4, -0.2) is 9.55 Å². The molecule has 0 saturated heterocycles. The van der Waals surface area contributed by atoms with Gasteiger partial charge in [-0.3, -0.25) is 0 Å². The van der Waals surface area contributed by atoms with Gasteiger partial charge in [-0.1, -0.05) is 0 Å². The van der Waals surface area contributed by atoms with Gasteiger partial charge in [0, 0.05) is 35.9 Å². The zero-order valence-corrected chi connectivity index (χ0v) is 12.4. The highest BCUT2D eigenvalue weighted by Gasteiger charge is 2.07. The number of hydrogen-bond donors (Lipinski definition) is 1. The summed E-state index contributed by atoms with van der Waals surface area (Å²) in [6.45, 7) is 11.5. The van der Waals surface area contributed by atoms with E-state index in [2.05, 4.69) is 48.6 Å². The summed E-state index contributed by atoms with van der Waals surface area (Å²) in [7, 11) is 0. The smallest absolute Gasteiger partial charge is 0.0798 e. The van der Waals surface area contributed by atoms with Crippen molar-refractivity contribution >= 4 is 11.3 Å². The van der Waals surface area contributed by atoms with Crippen molar-refractivity contribution in [3.8, 4) is 0 Å². The summed E-state index contributed by atoms with van der Waals surface area (Å²) in [5.41, 5.74) is 7.18. The number of hydrogen-bond acceptors (Lipinski definition) is 3. The van der Waals surface area contributed by atoms with E-state index in [4.69, 9.17) is 0 Å². The Hall–Kier alpha value is -1.13. The molecule has 0 aromatic carbocycles. The summed E-state index contributed by atoms with van der Waals surface area (Å²) in [6, 6.07) is 2.28. The zero-order chi connectivity index (χ0) is 13.1. The van der Waals surface area contributed by atoms with E-state index < -0.39 is 0 Å². The van der Waals surface area contributed by atoms with Crippen molar-refractivity contribution in [2.75, 3.05) is 0 Å². The second kappa shape index (κ2) is 5.67. The molecule has 0 aliphatic heterocycles. The predicted molar refractivity (Wildman–Crippen MR) is 77.0 cm³/mol. The van der Waals surface area contributed by atoms with Crippen LogP contribution in [0.3, 0.4) is 0 Å². The first-order valence-electron chi connectivity index (χ1n) is 6.38. The molecule has 3 nitrogen and oxygen atoms in total. The normalized spacial score (nSPS) is 11.1. The van der Waals surface area contributed by atoms with Crippen LogP contribution >= 0.6 is 11.3 Å². The first kappa shape index (κ1) is 13.3. The van der Waals surface area contributed by atoms with E-state index in [1.807, 2.05) is 5.51 Å². The average molecular weight is 263 g/mol. The lowest BCUT2D eigenvalue weighted by Crippen LogP contribution is -2.13. The van der Waals surface area contributed by atoms with Crippen LogP contribution in [0.4, 0.5) is 0 Å². The number of rotatable bonds is 5. The molecule has 4 heteroatoms. The van der Waals surface area contributed by atoms with Crippen LogP contribution in [-0.2, 0) is 19.6 Å². The van der Waals surface area contributed by atoms with E-state index in [0.717, 1.165) is 25.3 Å². The van der Waals surface area contributed by atoms with E-state index >= 15 is 0 Å². The Morgan fingerprint density at radius 3 is 2.61 bits per heavy atom. The summed E-state index contributed by atoms with van der Waals surface area (Å²) < 4.78 is 2.36. The van der Waals surface area contributed by atoms with Gasteiger partial charge >= 0.3 is 0 Å². The molecule has 0 bridgehead atoms. The minimum atomic E-state index is 0.909. The molecule has 0 spiro atoms. The predicted octanol–water partition coefficient (Wildman–Crippen LogP) is 3.18. The Morgan fingerprint density at radius 2 is 2.06 bits per heavy atom. The van der Waals surface area contributed by atoms with E-state index in [9.17, 15) is 0 Å². The standard InChI is InChI=1S/C14H21N3S/c1-5-17-10(2)6-13(12(17)4)7-15-8-14-11(3)16-9-18-14/h6,9,15H,5,7-8H2,1-4H3. The average Bonchev–Trinajstić information content (AvgIpc) is 2.85. The van der Waals surface area contributed by atoms with E-state index in [0.29, 0.717) is 0 Å². The van der Waals surface area contributed by atoms with Crippen molar-refractivity contribution in [1.82, 2.24) is 14.9 Å². The third kappa shape index (κ3) is 2.65. The van der Waals surface area contributed by atoms with E-state index in [1.54, 1.807) is 11.3 Å². The van der Waals surface area contributed by atoms with Crippen LogP contribution in [0.2, 0.25) is 0 Å². The molecule has 0 aliphatic carbocycles. The fourth-order valence-corrected chi connectivity index (χ4v) is 3.09. The van der Waals surface area contributed by atoms with Crippen LogP contribution in [0.15, 0.2) is 11.6 Å². The summed E-state index contributed by atoms with van der Waals surface area (Å²) in [5, 5.41) is 3.51.